The maximum atomic E-state index is 14.6. The summed E-state index contributed by atoms with van der Waals surface area (Å²) < 4.78 is 20.8. The number of carbonyl (C=O) groups is 2. The first-order valence-electron chi connectivity index (χ1n) is 10.5. The van der Waals surface area contributed by atoms with Crippen molar-refractivity contribution in [3.63, 3.8) is 0 Å². The van der Waals surface area contributed by atoms with Gasteiger partial charge in [0, 0.05) is 41.6 Å². The Bertz CT molecular complexity index is 1010. The molecule has 0 N–H and O–H groups in total. The van der Waals surface area contributed by atoms with Crippen molar-refractivity contribution < 1.29 is 18.7 Å². The zero-order valence-electron chi connectivity index (χ0n) is 17.8. The highest BCUT2D eigenvalue weighted by molar-refractivity contribution is 7.81. The van der Waals surface area contributed by atoms with E-state index in [1.807, 2.05) is 6.08 Å². The van der Waals surface area contributed by atoms with Gasteiger partial charge in [0.15, 0.2) is 5.78 Å². The Labute approximate surface area is 198 Å². The van der Waals surface area contributed by atoms with Crippen LogP contribution in [0.5, 0.6) is 0 Å². The van der Waals surface area contributed by atoms with Gasteiger partial charge in [0.25, 0.3) is 0 Å². The molecule has 2 unspecified atom stereocenters. The van der Waals surface area contributed by atoms with Gasteiger partial charge in [-0.15, -0.1) is 12.4 Å². The number of benzene rings is 1. The monoisotopic (exact) mass is 479 g/mol. The summed E-state index contributed by atoms with van der Waals surface area (Å²) in [5.74, 6) is -0.580. The minimum Gasteiger partial charge on any atom is -0.468 e. The smallest absolute Gasteiger partial charge is 0.327 e. The maximum absolute atomic E-state index is 14.6. The van der Waals surface area contributed by atoms with Crippen LogP contribution in [0.1, 0.15) is 36.4 Å². The molecule has 2 aromatic rings. The van der Waals surface area contributed by atoms with E-state index in [-0.39, 0.29) is 47.7 Å². The third-order valence-electron chi connectivity index (χ3n) is 5.84. The third-order valence-corrected chi connectivity index (χ3v) is 6.43. The van der Waals surface area contributed by atoms with Crippen LogP contribution in [0.2, 0.25) is 0 Å². The zero-order valence-corrected chi connectivity index (χ0v) is 19.5. The van der Waals surface area contributed by atoms with Crippen molar-refractivity contribution in [1.29, 1.82) is 0 Å². The van der Waals surface area contributed by atoms with E-state index >= 15 is 0 Å². The minimum atomic E-state index is -0.583. The van der Waals surface area contributed by atoms with Gasteiger partial charge in [0.05, 0.1) is 19.3 Å². The lowest BCUT2D eigenvalue weighted by atomic mass is 9.93. The molecule has 172 valence electrons. The molecule has 6 nitrogen and oxygen atoms in total. The van der Waals surface area contributed by atoms with Gasteiger partial charge in [-0.25, -0.2) is 4.39 Å². The normalized spacial score (nSPS) is 21.1. The Balaban J connectivity index is 0.00000289. The predicted octanol–water partition coefficient (Wildman–Crippen LogP) is 3.72. The first-order valence-corrected chi connectivity index (χ1v) is 11.0. The van der Waals surface area contributed by atoms with Gasteiger partial charge in [-0.3, -0.25) is 19.2 Å². The summed E-state index contributed by atoms with van der Waals surface area (Å²) in [7, 11) is 1.34. The fourth-order valence-corrected chi connectivity index (χ4v) is 4.30. The molecule has 2 aliphatic rings. The second-order valence-corrected chi connectivity index (χ2v) is 8.77. The number of ether oxygens (including phenoxy) is 1. The lowest BCUT2D eigenvalue weighted by Crippen LogP contribution is -2.42. The molecule has 1 saturated heterocycles. The lowest BCUT2D eigenvalue weighted by Gasteiger charge is -2.37. The molecule has 1 aromatic heterocycles. The number of Topliss-reactive ketones (excluding diaryl/α,β-unsaturated/α-hetero) is 1. The molecule has 4 rings (SSSR count). The number of halogens is 2. The first-order chi connectivity index (χ1) is 15.0. The number of hydrogen-bond acceptors (Lipinski definition) is 6. The highest BCUT2D eigenvalue weighted by Crippen LogP contribution is 2.39. The van der Waals surface area contributed by atoms with Crippen LogP contribution in [0, 0.1) is 11.7 Å². The standard InChI is InChI=1S/C23H26FN3O3S.ClH/c1-30-21(28)14-27-12-15(11-25-27)10-17-13-26(9-8-20(17)31)22(23(29)16-6-7-16)18-4-2-3-5-19(18)24;/h2-5,10-12,16,20,22,31H,6-9,13-14H2,1H3;1H/b17-10-;. The van der Waals surface area contributed by atoms with Gasteiger partial charge in [-0.2, -0.15) is 17.7 Å². The Hall–Kier alpha value is -2.16. The molecule has 9 heteroatoms. The molecule has 1 aromatic carbocycles. The van der Waals surface area contributed by atoms with Crippen LogP contribution in [0.15, 0.2) is 42.2 Å². The number of methoxy groups -OCH3 is 1. The number of esters is 1. The molecule has 2 fully saturated rings. The van der Waals surface area contributed by atoms with Crippen LogP contribution in [-0.4, -0.2) is 51.9 Å². The fraction of sp³-hybridized carbons (Fsp3) is 0.435. The number of nitrogens with zero attached hydrogens (tertiary/aromatic N) is 3. The van der Waals surface area contributed by atoms with Crippen molar-refractivity contribution in [2.24, 2.45) is 5.92 Å². The van der Waals surface area contributed by atoms with Gasteiger partial charge < -0.3 is 4.74 Å². The molecule has 1 aliphatic heterocycles. The molecular weight excluding hydrogens is 453 g/mol. The van der Waals surface area contributed by atoms with Crippen molar-refractivity contribution in [3.05, 3.63) is 59.2 Å². The van der Waals surface area contributed by atoms with E-state index in [1.54, 1.807) is 30.6 Å². The lowest BCUT2D eigenvalue weighted by molar-refractivity contribution is -0.141. The number of carbonyl (C=O) groups excluding carboxylic acids is 2. The van der Waals surface area contributed by atoms with Crippen LogP contribution < -0.4 is 0 Å². The van der Waals surface area contributed by atoms with Crippen molar-refractivity contribution in [1.82, 2.24) is 14.7 Å². The number of hydrogen-bond donors (Lipinski definition) is 1. The van der Waals surface area contributed by atoms with E-state index in [0.717, 1.165) is 30.4 Å². The summed E-state index contributed by atoms with van der Waals surface area (Å²) in [6.07, 6.45) is 7.97. The van der Waals surface area contributed by atoms with Gasteiger partial charge in [-0.05, 0) is 30.9 Å². The van der Waals surface area contributed by atoms with Crippen LogP contribution in [0.25, 0.3) is 6.08 Å². The Morgan fingerprint density at radius 3 is 2.75 bits per heavy atom. The second kappa shape index (κ2) is 10.6. The van der Waals surface area contributed by atoms with Gasteiger partial charge >= 0.3 is 5.97 Å². The highest BCUT2D eigenvalue weighted by Gasteiger charge is 2.40. The van der Waals surface area contributed by atoms with E-state index in [1.165, 1.54) is 17.9 Å². The summed E-state index contributed by atoms with van der Waals surface area (Å²) in [4.78, 5) is 26.7. The summed E-state index contributed by atoms with van der Waals surface area (Å²) >= 11 is 4.73. The van der Waals surface area contributed by atoms with Crippen molar-refractivity contribution in [3.8, 4) is 0 Å². The van der Waals surface area contributed by atoms with E-state index in [9.17, 15) is 14.0 Å². The average molecular weight is 480 g/mol. The quantitative estimate of drug-likeness (QED) is 0.484. The topological polar surface area (TPSA) is 64.4 Å². The largest absolute Gasteiger partial charge is 0.468 e. The Morgan fingerprint density at radius 2 is 2.06 bits per heavy atom. The SMILES string of the molecule is COC(=O)Cn1cc(/C=C2/CN(C(C(=O)C3CC3)c3ccccc3F)CCC2S)cn1.Cl. The summed E-state index contributed by atoms with van der Waals surface area (Å²) in [5, 5.41) is 4.24. The zero-order chi connectivity index (χ0) is 22.0. The summed E-state index contributed by atoms with van der Waals surface area (Å²) in [5.41, 5.74) is 2.33. The van der Waals surface area contributed by atoms with Crippen molar-refractivity contribution in [2.45, 2.75) is 37.1 Å². The van der Waals surface area contributed by atoms with Crippen LogP contribution in [0.3, 0.4) is 0 Å². The van der Waals surface area contributed by atoms with Crippen LogP contribution >= 0.6 is 25.0 Å². The van der Waals surface area contributed by atoms with Crippen LogP contribution in [0.4, 0.5) is 4.39 Å². The second-order valence-electron chi connectivity index (χ2n) is 8.14. The average Bonchev–Trinajstić information content (AvgIpc) is 3.53. The highest BCUT2D eigenvalue weighted by atomic mass is 35.5. The van der Waals surface area contributed by atoms with E-state index in [4.69, 9.17) is 12.6 Å². The molecular formula is C23H27ClFN3O3S. The number of aromatic nitrogens is 2. The molecule has 2 atom stereocenters. The van der Waals surface area contributed by atoms with Gasteiger partial charge in [0.2, 0.25) is 0 Å². The number of piperidine rings is 1. The molecule has 1 saturated carbocycles. The Morgan fingerprint density at radius 1 is 1.31 bits per heavy atom. The van der Waals surface area contributed by atoms with Gasteiger partial charge in [-0.1, -0.05) is 24.3 Å². The summed E-state index contributed by atoms with van der Waals surface area (Å²) in [6.45, 7) is 1.24. The molecule has 0 amide bonds. The number of thiol groups is 1. The summed E-state index contributed by atoms with van der Waals surface area (Å²) in [6, 6.07) is 5.98. The maximum Gasteiger partial charge on any atom is 0.327 e. The van der Waals surface area contributed by atoms with Crippen molar-refractivity contribution in [2.75, 3.05) is 20.2 Å². The number of ketones is 1. The molecule has 2 heterocycles. The van der Waals surface area contributed by atoms with E-state index < -0.39 is 6.04 Å². The fourth-order valence-electron chi connectivity index (χ4n) is 4.02. The predicted molar refractivity (Wildman–Crippen MR) is 125 cm³/mol. The minimum absolute atomic E-state index is 0. The number of rotatable bonds is 7. The molecule has 1 aliphatic carbocycles. The molecule has 0 radical (unpaired) electrons. The van der Waals surface area contributed by atoms with E-state index in [0.29, 0.717) is 18.7 Å². The van der Waals surface area contributed by atoms with Crippen LogP contribution in [-0.2, 0) is 20.9 Å². The molecule has 32 heavy (non-hydrogen) atoms. The third kappa shape index (κ3) is 5.60. The van der Waals surface area contributed by atoms with E-state index in [2.05, 4.69) is 14.7 Å². The first kappa shape index (κ1) is 24.5. The van der Waals surface area contributed by atoms with Crippen molar-refractivity contribution >= 4 is 42.9 Å². The number of likely N-dealkylation sites (tertiary alicyclic amines) is 1. The molecule has 0 bridgehead atoms. The van der Waals surface area contributed by atoms with Gasteiger partial charge in [0.1, 0.15) is 12.4 Å². The Kier molecular flexibility index (Phi) is 8.14. The molecule has 0 spiro atoms.